The van der Waals surface area contributed by atoms with Crippen LogP contribution in [-0.2, 0) is 10.0 Å². The minimum Gasteiger partial charge on any atom is -0.399 e. The first-order valence-electron chi connectivity index (χ1n) is 6.97. The Labute approximate surface area is 124 Å². The highest BCUT2D eigenvalue weighted by Gasteiger charge is 2.38. The lowest BCUT2D eigenvalue weighted by atomic mass is 9.78. The molecule has 1 aliphatic rings. The van der Waals surface area contributed by atoms with E-state index in [0.717, 1.165) is 25.0 Å². The molecule has 1 saturated carbocycles. The molecular weight excluding hydrogens is 295 g/mol. The number of nitrogens with one attached hydrogen (secondary N) is 1. The van der Waals surface area contributed by atoms with E-state index in [-0.39, 0.29) is 17.2 Å². The molecule has 5 nitrogen and oxygen atoms in total. The average molecular weight is 316 g/mol. The van der Waals surface area contributed by atoms with Gasteiger partial charge in [0.05, 0.1) is 17.0 Å². The summed E-state index contributed by atoms with van der Waals surface area (Å²) in [6, 6.07) is 3.20. The Morgan fingerprint density at radius 2 is 2.19 bits per heavy atom. The molecule has 2 rings (SSSR count). The second-order valence-electron chi connectivity index (χ2n) is 5.97. The number of hydrogen-bond acceptors (Lipinski definition) is 4. The molecular formula is C14H21FN2O3S. The number of halogens is 1. The SMILES string of the molecule is CC1CCCC(CO)(NS(=O)(=O)c2cc(N)cc(F)c2)C1. The van der Waals surface area contributed by atoms with Crippen molar-refractivity contribution in [2.45, 2.75) is 43.0 Å². The molecule has 0 bridgehead atoms. The zero-order valence-electron chi connectivity index (χ0n) is 12.0. The molecule has 4 N–H and O–H groups in total. The lowest BCUT2D eigenvalue weighted by Gasteiger charge is -2.39. The zero-order chi connectivity index (χ0) is 15.7. The minimum atomic E-state index is -3.93. The van der Waals surface area contributed by atoms with E-state index >= 15 is 0 Å². The number of aliphatic hydroxyl groups excluding tert-OH is 1. The number of benzene rings is 1. The highest BCUT2D eigenvalue weighted by molar-refractivity contribution is 7.89. The van der Waals surface area contributed by atoms with Crippen LogP contribution in [0, 0.1) is 11.7 Å². The van der Waals surface area contributed by atoms with Crippen LogP contribution in [0.25, 0.3) is 0 Å². The molecule has 2 atom stereocenters. The Morgan fingerprint density at radius 3 is 2.76 bits per heavy atom. The summed E-state index contributed by atoms with van der Waals surface area (Å²) in [5.41, 5.74) is 4.66. The fourth-order valence-corrected chi connectivity index (χ4v) is 4.51. The fraction of sp³-hybridized carbons (Fsp3) is 0.571. The number of nitrogens with two attached hydrogens (primary N) is 1. The van der Waals surface area contributed by atoms with Gasteiger partial charge in [-0.25, -0.2) is 17.5 Å². The monoisotopic (exact) mass is 316 g/mol. The van der Waals surface area contributed by atoms with Crippen molar-refractivity contribution in [3.05, 3.63) is 24.0 Å². The normalized spacial score (nSPS) is 26.7. The summed E-state index contributed by atoms with van der Waals surface area (Å²) in [5.74, 6) is -0.378. The van der Waals surface area contributed by atoms with Crippen LogP contribution < -0.4 is 10.5 Å². The molecule has 118 valence electrons. The minimum absolute atomic E-state index is 0.0467. The predicted octanol–water partition coefficient (Wildman–Crippen LogP) is 1.63. The van der Waals surface area contributed by atoms with E-state index in [9.17, 15) is 17.9 Å². The van der Waals surface area contributed by atoms with Gasteiger partial charge in [-0.3, -0.25) is 0 Å². The van der Waals surface area contributed by atoms with E-state index in [1.165, 1.54) is 6.07 Å². The van der Waals surface area contributed by atoms with Crippen molar-refractivity contribution in [1.29, 1.82) is 0 Å². The highest BCUT2D eigenvalue weighted by atomic mass is 32.2. The standard InChI is InChI=1S/C14H21FN2O3S/c1-10-3-2-4-14(8-10,9-18)17-21(19,20)13-6-11(15)5-12(16)7-13/h5-7,10,17-18H,2-4,8-9,16H2,1H3. The summed E-state index contributed by atoms with van der Waals surface area (Å²) in [6.45, 7) is 1.75. The van der Waals surface area contributed by atoms with Gasteiger partial charge in [0.2, 0.25) is 10.0 Å². The van der Waals surface area contributed by atoms with E-state index in [1.807, 2.05) is 6.92 Å². The van der Waals surface area contributed by atoms with Gasteiger partial charge in [-0.2, -0.15) is 0 Å². The van der Waals surface area contributed by atoms with Gasteiger partial charge in [-0.05, 0) is 37.0 Å². The first-order chi connectivity index (χ1) is 9.76. The molecule has 2 unspecified atom stereocenters. The van der Waals surface area contributed by atoms with Gasteiger partial charge in [0.25, 0.3) is 0 Å². The second kappa shape index (κ2) is 5.90. The van der Waals surface area contributed by atoms with Crippen LogP contribution >= 0.6 is 0 Å². The van der Waals surface area contributed by atoms with E-state index in [4.69, 9.17) is 5.73 Å². The van der Waals surface area contributed by atoms with E-state index in [1.54, 1.807) is 0 Å². The van der Waals surface area contributed by atoms with Crippen molar-refractivity contribution in [3.63, 3.8) is 0 Å². The summed E-state index contributed by atoms with van der Waals surface area (Å²) in [6.07, 6.45) is 2.98. The predicted molar refractivity (Wildman–Crippen MR) is 78.6 cm³/mol. The third kappa shape index (κ3) is 3.72. The van der Waals surface area contributed by atoms with E-state index < -0.39 is 21.4 Å². The lowest BCUT2D eigenvalue weighted by Crippen LogP contribution is -2.53. The quantitative estimate of drug-likeness (QED) is 0.736. The Balaban J connectivity index is 2.31. The third-order valence-corrected chi connectivity index (χ3v) is 5.51. The fourth-order valence-electron chi connectivity index (χ4n) is 3.01. The summed E-state index contributed by atoms with van der Waals surface area (Å²) in [4.78, 5) is -0.217. The first-order valence-corrected chi connectivity index (χ1v) is 8.46. The number of aliphatic hydroxyl groups is 1. The highest BCUT2D eigenvalue weighted by Crippen LogP contribution is 2.33. The Kier molecular flexibility index (Phi) is 4.55. The van der Waals surface area contributed by atoms with Crippen molar-refractivity contribution < 1.29 is 17.9 Å². The number of nitrogen functional groups attached to an aromatic ring is 1. The Morgan fingerprint density at radius 1 is 1.48 bits per heavy atom. The molecule has 21 heavy (non-hydrogen) atoms. The molecule has 1 aliphatic carbocycles. The summed E-state index contributed by atoms with van der Waals surface area (Å²) in [5, 5.41) is 9.65. The molecule has 1 aromatic carbocycles. The van der Waals surface area contributed by atoms with E-state index in [2.05, 4.69) is 4.72 Å². The van der Waals surface area contributed by atoms with Crippen LogP contribution in [0.4, 0.5) is 10.1 Å². The molecule has 0 spiro atoms. The summed E-state index contributed by atoms with van der Waals surface area (Å²) < 4.78 is 40.8. The largest absolute Gasteiger partial charge is 0.399 e. The van der Waals surface area contributed by atoms with Crippen LogP contribution in [-0.4, -0.2) is 25.7 Å². The van der Waals surface area contributed by atoms with Crippen LogP contribution in [0.2, 0.25) is 0 Å². The van der Waals surface area contributed by atoms with Gasteiger partial charge >= 0.3 is 0 Å². The topological polar surface area (TPSA) is 92.4 Å². The zero-order valence-corrected chi connectivity index (χ0v) is 12.8. The molecule has 0 aliphatic heterocycles. The van der Waals surface area contributed by atoms with Crippen molar-refractivity contribution in [2.75, 3.05) is 12.3 Å². The molecule has 1 aromatic rings. The molecule has 0 amide bonds. The maximum Gasteiger partial charge on any atom is 0.241 e. The van der Waals surface area contributed by atoms with Crippen molar-refractivity contribution in [2.24, 2.45) is 5.92 Å². The second-order valence-corrected chi connectivity index (χ2v) is 7.65. The molecule has 0 radical (unpaired) electrons. The maximum absolute atomic E-state index is 13.4. The molecule has 7 heteroatoms. The van der Waals surface area contributed by atoms with Gasteiger partial charge in [-0.15, -0.1) is 0 Å². The van der Waals surface area contributed by atoms with Crippen LogP contribution in [0.3, 0.4) is 0 Å². The Hall–Kier alpha value is -1.18. The van der Waals surface area contributed by atoms with Crippen LogP contribution in [0.5, 0.6) is 0 Å². The van der Waals surface area contributed by atoms with Gasteiger partial charge < -0.3 is 10.8 Å². The van der Waals surface area contributed by atoms with Crippen molar-refractivity contribution in [1.82, 2.24) is 4.72 Å². The smallest absolute Gasteiger partial charge is 0.241 e. The number of anilines is 1. The van der Waals surface area contributed by atoms with Gasteiger partial charge in [-0.1, -0.05) is 19.8 Å². The van der Waals surface area contributed by atoms with E-state index in [0.29, 0.717) is 18.8 Å². The summed E-state index contributed by atoms with van der Waals surface area (Å²) in [7, 11) is -3.93. The van der Waals surface area contributed by atoms with Gasteiger partial charge in [0.15, 0.2) is 0 Å². The van der Waals surface area contributed by atoms with Gasteiger partial charge in [0.1, 0.15) is 5.82 Å². The van der Waals surface area contributed by atoms with Gasteiger partial charge in [0, 0.05) is 5.69 Å². The van der Waals surface area contributed by atoms with Crippen LogP contribution in [0.15, 0.2) is 23.1 Å². The molecule has 0 saturated heterocycles. The Bertz CT molecular complexity index is 600. The molecule has 0 aromatic heterocycles. The maximum atomic E-state index is 13.4. The first kappa shape index (κ1) is 16.2. The third-order valence-electron chi connectivity index (χ3n) is 3.95. The van der Waals surface area contributed by atoms with Crippen LogP contribution in [0.1, 0.15) is 32.6 Å². The lowest BCUT2D eigenvalue weighted by molar-refractivity contribution is 0.119. The molecule has 1 fully saturated rings. The number of rotatable bonds is 4. The van der Waals surface area contributed by atoms with Crippen molar-refractivity contribution >= 4 is 15.7 Å². The summed E-state index contributed by atoms with van der Waals surface area (Å²) >= 11 is 0. The number of hydrogen-bond donors (Lipinski definition) is 3. The average Bonchev–Trinajstić information content (AvgIpc) is 2.37. The number of sulfonamides is 1. The molecule has 0 heterocycles. The van der Waals surface area contributed by atoms with Crippen molar-refractivity contribution in [3.8, 4) is 0 Å².